The molecule has 2 nitrogen and oxygen atoms in total. The maximum absolute atomic E-state index is 5.21. The van der Waals surface area contributed by atoms with Crippen LogP contribution in [0.5, 0.6) is 5.75 Å². The molecule has 0 radical (unpaired) electrons. The summed E-state index contributed by atoms with van der Waals surface area (Å²) in [6.45, 7) is 4.30. The molecule has 0 aromatic heterocycles. The summed E-state index contributed by atoms with van der Waals surface area (Å²) in [5.41, 5.74) is 2.83. The van der Waals surface area contributed by atoms with Gasteiger partial charge in [-0.05, 0) is 29.2 Å². The summed E-state index contributed by atoms with van der Waals surface area (Å²) in [7, 11) is 1.72. The van der Waals surface area contributed by atoms with Gasteiger partial charge >= 0.3 is 0 Å². The molecule has 0 aliphatic carbocycles. The van der Waals surface area contributed by atoms with Gasteiger partial charge in [-0.15, -0.1) is 0 Å². The van der Waals surface area contributed by atoms with E-state index in [-0.39, 0.29) is 0 Å². The molecule has 0 saturated carbocycles. The van der Waals surface area contributed by atoms with Crippen molar-refractivity contribution in [2.45, 2.75) is 19.4 Å². The zero-order chi connectivity index (χ0) is 9.26. The van der Waals surface area contributed by atoms with Crippen LogP contribution in [0, 0.1) is 0 Å². The standard InChI is InChI=1S/C11H15NO/c1-8-6-12-7-9-3-4-10(13-2)5-11(8)9/h3-5,8,12H,6-7H2,1-2H3. The van der Waals surface area contributed by atoms with Gasteiger partial charge in [0.1, 0.15) is 5.75 Å². The van der Waals surface area contributed by atoms with Crippen LogP contribution >= 0.6 is 0 Å². The number of hydrogen-bond acceptors (Lipinski definition) is 2. The molecular weight excluding hydrogens is 162 g/mol. The number of fused-ring (bicyclic) bond motifs is 1. The smallest absolute Gasteiger partial charge is 0.119 e. The van der Waals surface area contributed by atoms with Crippen molar-refractivity contribution in [1.29, 1.82) is 0 Å². The second-order valence-corrected chi connectivity index (χ2v) is 3.60. The molecule has 1 heterocycles. The average molecular weight is 177 g/mol. The highest BCUT2D eigenvalue weighted by atomic mass is 16.5. The van der Waals surface area contributed by atoms with Gasteiger partial charge in [-0.25, -0.2) is 0 Å². The molecule has 2 heteroatoms. The van der Waals surface area contributed by atoms with Crippen LogP contribution in [0.2, 0.25) is 0 Å². The number of benzene rings is 1. The second kappa shape index (κ2) is 3.38. The van der Waals surface area contributed by atoms with Crippen molar-refractivity contribution >= 4 is 0 Å². The molecule has 0 fully saturated rings. The Labute approximate surface area is 78.9 Å². The van der Waals surface area contributed by atoms with Crippen molar-refractivity contribution < 1.29 is 4.74 Å². The third kappa shape index (κ3) is 1.54. The first-order chi connectivity index (χ1) is 6.31. The summed E-state index contributed by atoms with van der Waals surface area (Å²) in [6, 6.07) is 6.33. The van der Waals surface area contributed by atoms with E-state index in [4.69, 9.17) is 4.74 Å². The number of nitrogens with one attached hydrogen (secondary N) is 1. The third-order valence-electron chi connectivity index (χ3n) is 2.65. The minimum atomic E-state index is 0.596. The SMILES string of the molecule is COc1ccc2c(c1)C(C)CNC2. The highest BCUT2D eigenvalue weighted by molar-refractivity contribution is 5.39. The minimum absolute atomic E-state index is 0.596. The van der Waals surface area contributed by atoms with Crippen molar-refractivity contribution in [2.75, 3.05) is 13.7 Å². The first-order valence-electron chi connectivity index (χ1n) is 4.69. The van der Waals surface area contributed by atoms with E-state index >= 15 is 0 Å². The lowest BCUT2D eigenvalue weighted by molar-refractivity contribution is 0.412. The molecule has 13 heavy (non-hydrogen) atoms. The van der Waals surface area contributed by atoms with Crippen LogP contribution in [0.3, 0.4) is 0 Å². The summed E-state index contributed by atoms with van der Waals surface area (Å²) in [4.78, 5) is 0. The summed E-state index contributed by atoms with van der Waals surface area (Å²) in [5.74, 6) is 1.56. The van der Waals surface area contributed by atoms with E-state index in [0.29, 0.717) is 5.92 Å². The van der Waals surface area contributed by atoms with Gasteiger partial charge in [-0.2, -0.15) is 0 Å². The topological polar surface area (TPSA) is 21.3 Å². The Morgan fingerprint density at radius 1 is 1.46 bits per heavy atom. The Hall–Kier alpha value is -1.02. The largest absolute Gasteiger partial charge is 0.497 e. The highest BCUT2D eigenvalue weighted by Crippen LogP contribution is 2.27. The van der Waals surface area contributed by atoms with E-state index in [1.807, 2.05) is 6.07 Å². The van der Waals surface area contributed by atoms with Gasteiger partial charge in [-0.1, -0.05) is 13.0 Å². The monoisotopic (exact) mass is 177 g/mol. The van der Waals surface area contributed by atoms with Crippen molar-refractivity contribution in [3.63, 3.8) is 0 Å². The molecule has 2 rings (SSSR count). The highest BCUT2D eigenvalue weighted by Gasteiger charge is 2.15. The van der Waals surface area contributed by atoms with E-state index in [9.17, 15) is 0 Å². The van der Waals surface area contributed by atoms with Gasteiger partial charge in [0.15, 0.2) is 0 Å². The van der Waals surface area contributed by atoms with Crippen LogP contribution in [-0.2, 0) is 6.54 Å². The molecule has 70 valence electrons. The van der Waals surface area contributed by atoms with E-state index in [1.54, 1.807) is 7.11 Å². The molecule has 1 aliphatic rings. The fourth-order valence-electron chi connectivity index (χ4n) is 1.85. The van der Waals surface area contributed by atoms with E-state index in [1.165, 1.54) is 11.1 Å². The Kier molecular flexibility index (Phi) is 2.23. The first-order valence-corrected chi connectivity index (χ1v) is 4.69. The number of ether oxygens (including phenoxy) is 1. The Balaban J connectivity index is 2.41. The Morgan fingerprint density at radius 2 is 2.31 bits per heavy atom. The fraction of sp³-hybridized carbons (Fsp3) is 0.455. The molecule has 1 unspecified atom stereocenters. The van der Waals surface area contributed by atoms with Crippen molar-refractivity contribution in [2.24, 2.45) is 0 Å². The minimum Gasteiger partial charge on any atom is -0.497 e. The molecule has 1 aliphatic heterocycles. The quantitative estimate of drug-likeness (QED) is 0.707. The van der Waals surface area contributed by atoms with Crippen LogP contribution in [0.15, 0.2) is 18.2 Å². The molecule has 0 spiro atoms. The van der Waals surface area contributed by atoms with Crippen molar-refractivity contribution in [3.8, 4) is 5.75 Å². The second-order valence-electron chi connectivity index (χ2n) is 3.60. The lowest BCUT2D eigenvalue weighted by Gasteiger charge is -2.23. The molecule has 1 aromatic carbocycles. The zero-order valence-corrected chi connectivity index (χ0v) is 8.13. The van der Waals surface area contributed by atoms with Gasteiger partial charge in [0.25, 0.3) is 0 Å². The van der Waals surface area contributed by atoms with Crippen LogP contribution < -0.4 is 10.1 Å². The average Bonchev–Trinajstić information content (AvgIpc) is 2.18. The normalized spacial score (nSPS) is 20.9. The Morgan fingerprint density at radius 3 is 3.08 bits per heavy atom. The number of methoxy groups -OCH3 is 1. The van der Waals surface area contributed by atoms with E-state index < -0.39 is 0 Å². The Bertz CT molecular complexity index is 309. The number of rotatable bonds is 1. The lowest BCUT2D eigenvalue weighted by atomic mass is 9.92. The van der Waals surface area contributed by atoms with E-state index in [2.05, 4.69) is 24.4 Å². The third-order valence-corrected chi connectivity index (χ3v) is 2.65. The summed E-state index contributed by atoms with van der Waals surface area (Å²) in [6.07, 6.45) is 0. The van der Waals surface area contributed by atoms with Crippen LogP contribution in [-0.4, -0.2) is 13.7 Å². The van der Waals surface area contributed by atoms with Crippen LogP contribution in [0.25, 0.3) is 0 Å². The zero-order valence-electron chi connectivity index (χ0n) is 8.13. The van der Waals surface area contributed by atoms with Gasteiger partial charge in [0.2, 0.25) is 0 Å². The van der Waals surface area contributed by atoms with Gasteiger partial charge < -0.3 is 10.1 Å². The first kappa shape index (κ1) is 8.57. The molecule has 1 atom stereocenters. The fourth-order valence-corrected chi connectivity index (χ4v) is 1.85. The van der Waals surface area contributed by atoms with E-state index in [0.717, 1.165) is 18.8 Å². The molecule has 0 bridgehead atoms. The predicted molar refractivity (Wildman–Crippen MR) is 53.1 cm³/mol. The summed E-state index contributed by atoms with van der Waals surface area (Å²) >= 11 is 0. The predicted octanol–water partition coefficient (Wildman–Crippen LogP) is 1.90. The molecule has 0 amide bonds. The molecule has 0 saturated heterocycles. The van der Waals surface area contributed by atoms with Crippen LogP contribution in [0.4, 0.5) is 0 Å². The van der Waals surface area contributed by atoms with Crippen LogP contribution in [0.1, 0.15) is 24.0 Å². The molecule has 1 N–H and O–H groups in total. The van der Waals surface area contributed by atoms with Gasteiger partial charge in [0.05, 0.1) is 7.11 Å². The van der Waals surface area contributed by atoms with Gasteiger partial charge in [0, 0.05) is 13.1 Å². The molecule has 1 aromatic rings. The maximum Gasteiger partial charge on any atom is 0.119 e. The van der Waals surface area contributed by atoms with Gasteiger partial charge in [-0.3, -0.25) is 0 Å². The lowest BCUT2D eigenvalue weighted by Crippen LogP contribution is -2.26. The van der Waals surface area contributed by atoms with Crippen molar-refractivity contribution in [1.82, 2.24) is 5.32 Å². The summed E-state index contributed by atoms with van der Waals surface area (Å²) < 4.78 is 5.21. The summed E-state index contributed by atoms with van der Waals surface area (Å²) in [5, 5.41) is 3.39. The van der Waals surface area contributed by atoms with Crippen molar-refractivity contribution in [3.05, 3.63) is 29.3 Å². The molecular formula is C11H15NO. The maximum atomic E-state index is 5.21. The number of hydrogen-bond donors (Lipinski definition) is 1.